The summed E-state index contributed by atoms with van der Waals surface area (Å²) in [4.78, 5) is 35.1. The van der Waals surface area contributed by atoms with Crippen molar-refractivity contribution in [2.45, 2.75) is 81.9 Å². The fourth-order valence-corrected chi connectivity index (χ4v) is 6.08. The molecule has 1 saturated heterocycles. The van der Waals surface area contributed by atoms with Gasteiger partial charge in [0.2, 0.25) is 5.91 Å². The van der Waals surface area contributed by atoms with Gasteiger partial charge in [-0.05, 0) is 32.2 Å². The molecule has 7 nitrogen and oxygen atoms in total. The lowest BCUT2D eigenvalue weighted by Crippen LogP contribution is -2.47. The number of rotatable bonds is 10. The van der Waals surface area contributed by atoms with Crippen LogP contribution in [0.1, 0.15) is 77.5 Å². The van der Waals surface area contributed by atoms with Gasteiger partial charge in [-0.15, -0.1) is 6.42 Å². The summed E-state index contributed by atoms with van der Waals surface area (Å²) in [7, 11) is 0. The van der Waals surface area contributed by atoms with Crippen LogP contribution in [0.25, 0.3) is 5.57 Å². The van der Waals surface area contributed by atoms with Crippen molar-refractivity contribution in [3.8, 4) is 12.3 Å². The van der Waals surface area contributed by atoms with Crippen molar-refractivity contribution >= 4 is 23.2 Å². The van der Waals surface area contributed by atoms with E-state index in [9.17, 15) is 9.59 Å². The molecule has 2 aliphatic heterocycles. The van der Waals surface area contributed by atoms with Crippen LogP contribution < -0.4 is 11.3 Å². The Morgan fingerprint density at radius 2 is 1.91 bits per heavy atom. The van der Waals surface area contributed by atoms with Gasteiger partial charge in [0.1, 0.15) is 4.90 Å². The molecule has 0 aliphatic carbocycles. The zero-order valence-corrected chi connectivity index (χ0v) is 21.7. The summed E-state index contributed by atoms with van der Waals surface area (Å²) in [5.41, 5.74) is 8.74. The number of aromatic nitrogens is 2. The summed E-state index contributed by atoms with van der Waals surface area (Å²) in [6.07, 6.45) is 14.5. The Hall–Kier alpha value is -2.24. The van der Waals surface area contributed by atoms with E-state index < -0.39 is 0 Å². The summed E-state index contributed by atoms with van der Waals surface area (Å²) in [6.45, 7) is 9.38. The molecular formula is C26H39N5O2S. The lowest BCUT2D eigenvalue weighted by molar-refractivity contribution is -0.130. The van der Waals surface area contributed by atoms with E-state index in [1.165, 1.54) is 11.8 Å². The molecule has 2 atom stereocenters. The summed E-state index contributed by atoms with van der Waals surface area (Å²) in [5, 5.41) is -0.245. The van der Waals surface area contributed by atoms with Crippen LogP contribution in [0, 0.1) is 12.3 Å². The Labute approximate surface area is 208 Å². The summed E-state index contributed by atoms with van der Waals surface area (Å²) in [6, 6.07) is 0.171. The minimum atomic E-state index is -0.245. The Bertz CT molecular complexity index is 988. The molecule has 0 radical (unpaired) electrons. The van der Waals surface area contributed by atoms with Gasteiger partial charge in [-0.3, -0.25) is 14.2 Å². The standard InChI is InChI=1S/C26H39N5O2S/c1-5-8-11-20(10-6-2)31-18-28-24-23(22(7-3)34-25(24)26(31)33)21(12-9-13-27)30-16-14-29(15-17-30)19(4)32/h3,18,20,22H,5-6,8-17,27H2,1-2,4H3/b23-21-. The first-order valence-corrected chi connectivity index (χ1v) is 13.5. The molecule has 2 unspecified atom stereocenters. The van der Waals surface area contributed by atoms with Gasteiger partial charge in [0.25, 0.3) is 5.56 Å². The van der Waals surface area contributed by atoms with Crippen LogP contribution in [-0.4, -0.2) is 63.2 Å². The number of hydrogen-bond acceptors (Lipinski definition) is 6. The third-order valence-corrected chi connectivity index (χ3v) is 8.01. The van der Waals surface area contributed by atoms with Gasteiger partial charge >= 0.3 is 0 Å². The quantitative estimate of drug-likeness (QED) is 0.511. The minimum Gasteiger partial charge on any atom is -0.371 e. The lowest BCUT2D eigenvalue weighted by atomic mass is 10.0. The molecule has 0 aromatic carbocycles. The third-order valence-electron chi connectivity index (χ3n) is 6.80. The Morgan fingerprint density at radius 1 is 1.21 bits per heavy atom. The molecule has 8 heteroatoms. The normalized spacial score (nSPS) is 20.1. The number of fused-ring (bicyclic) bond motifs is 1. The number of nitrogens with two attached hydrogens (primary N) is 1. The fourth-order valence-electron chi connectivity index (χ4n) is 4.93. The first kappa shape index (κ1) is 26.4. The van der Waals surface area contributed by atoms with Crippen molar-refractivity contribution in [3.05, 3.63) is 28.1 Å². The maximum Gasteiger partial charge on any atom is 0.267 e. The van der Waals surface area contributed by atoms with Crippen molar-refractivity contribution in [2.75, 3.05) is 32.7 Å². The minimum absolute atomic E-state index is 0.0272. The second-order valence-electron chi connectivity index (χ2n) is 9.13. The molecule has 1 amide bonds. The Kier molecular flexibility index (Phi) is 9.66. The van der Waals surface area contributed by atoms with E-state index in [0.29, 0.717) is 24.5 Å². The molecule has 186 valence electrons. The monoisotopic (exact) mass is 485 g/mol. The van der Waals surface area contributed by atoms with Crippen LogP contribution in [0.15, 0.2) is 21.7 Å². The van der Waals surface area contributed by atoms with Crippen LogP contribution >= 0.6 is 11.8 Å². The second kappa shape index (κ2) is 12.5. The largest absolute Gasteiger partial charge is 0.371 e. The zero-order valence-electron chi connectivity index (χ0n) is 20.9. The summed E-state index contributed by atoms with van der Waals surface area (Å²) >= 11 is 1.46. The van der Waals surface area contributed by atoms with E-state index in [2.05, 4.69) is 24.7 Å². The molecule has 2 aliphatic rings. The molecule has 0 bridgehead atoms. The van der Waals surface area contributed by atoms with Gasteiger partial charge in [0.05, 0.1) is 17.3 Å². The van der Waals surface area contributed by atoms with Gasteiger partial charge in [-0.1, -0.05) is 50.8 Å². The molecule has 34 heavy (non-hydrogen) atoms. The number of nitrogens with zero attached hydrogens (tertiary/aromatic N) is 4. The lowest BCUT2D eigenvalue weighted by Gasteiger charge is -2.38. The van der Waals surface area contributed by atoms with Crippen LogP contribution in [0.5, 0.6) is 0 Å². The number of thioether (sulfide) groups is 1. The highest BCUT2D eigenvalue weighted by molar-refractivity contribution is 8.01. The predicted molar refractivity (Wildman–Crippen MR) is 139 cm³/mol. The number of hydrogen-bond donors (Lipinski definition) is 1. The number of amides is 1. The SMILES string of the molecule is C#CC1Sc2c(ncn(C(CCC)CCCC)c2=O)/C1=C(/CCCN)N1CCN(C(C)=O)CC1. The van der Waals surface area contributed by atoms with Gasteiger partial charge in [-0.2, -0.15) is 0 Å². The highest BCUT2D eigenvalue weighted by Gasteiger charge is 2.36. The highest BCUT2D eigenvalue weighted by Crippen LogP contribution is 2.45. The van der Waals surface area contributed by atoms with Crippen molar-refractivity contribution in [1.82, 2.24) is 19.4 Å². The van der Waals surface area contributed by atoms with Crippen molar-refractivity contribution in [1.29, 1.82) is 0 Å². The molecule has 2 N–H and O–H groups in total. The fraction of sp³-hybridized carbons (Fsp3) is 0.654. The Balaban J connectivity index is 2.03. The number of unbranched alkanes of at least 4 members (excludes halogenated alkanes) is 1. The number of carbonyl (C=O) groups is 1. The summed E-state index contributed by atoms with van der Waals surface area (Å²) in [5.74, 6) is 3.02. The number of piperazine rings is 1. The van der Waals surface area contributed by atoms with Crippen LogP contribution in [0.4, 0.5) is 0 Å². The molecule has 1 aromatic heterocycles. The zero-order chi connectivity index (χ0) is 24.7. The van der Waals surface area contributed by atoms with Crippen LogP contribution in [0.2, 0.25) is 0 Å². The van der Waals surface area contributed by atoms with Crippen molar-refractivity contribution in [3.63, 3.8) is 0 Å². The van der Waals surface area contributed by atoms with E-state index in [4.69, 9.17) is 17.1 Å². The molecule has 1 aromatic rings. The average Bonchev–Trinajstić information content (AvgIpc) is 3.22. The first-order chi connectivity index (χ1) is 16.5. The number of allylic oxidation sites excluding steroid dienone is 1. The Morgan fingerprint density at radius 3 is 2.50 bits per heavy atom. The maximum atomic E-state index is 13.6. The van der Waals surface area contributed by atoms with E-state index in [0.717, 1.165) is 75.0 Å². The second-order valence-corrected chi connectivity index (χ2v) is 10.2. The molecule has 3 rings (SSSR count). The highest BCUT2D eigenvalue weighted by atomic mass is 32.2. The predicted octanol–water partition coefficient (Wildman–Crippen LogP) is 3.50. The van der Waals surface area contributed by atoms with E-state index >= 15 is 0 Å². The van der Waals surface area contributed by atoms with Crippen LogP contribution in [0.3, 0.4) is 0 Å². The van der Waals surface area contributed by atoms with Gasteiger partial charge in [0, 0.05) is 50.4 Å². The van der Waals surface area contributed by atoms with E-state index in [1.54, 1.807) is 13.3 Å². The van der Waals surface area contributed by atoms with Gasteiger partial charge < -0.3 is 15.5 Å². The van der Waals surface area contributed by atoms with Gasteiger partial charge in [-0.25, -0.2) is 4.98 Å². The average molecular weight is 486 g/mol. The van der Waals surface area contributed by atoms with E-state index in [1.807, 2.05) is 9.47 Å². The van der Waals surface area contributed by atoms with Crippen molar-refractivity contribution in [2.24, 2.45) is 5.73 Å². The summed E-state index contributed by atoms with van der Waals surface area (Å²) < 4.78 is 1.84. The molecule has 1 fully saturated rings. The maximum absolute atomic E-state index is 13.6. The topological polar surface area (TPSA) is 84.5 Å². The third kappa shape index (κ3) is 5.69. The van der Waals surface area contributed by atoms with Crippen molar-refractivity contribution < 1.29 is 4.79 Å². The molecule has 0 spiro atoms. The van der Waals surface area contributed by atoms with Crippen LogP contribution in [-0.2, 0) is 4.79 Å². The number of terminal acetylenes is 1. The number of carbonyl (C=O) groups excluding carboxylic acids is 1. The van der Waals surface area contributed by atoms with E-state index in [-0.39, 0.29) is 22.8 Å². The molecule has 0 saturated carbocycles. The molecular weight excluding hydrogens is 446 g/mol. The molecule has 3 heterocycles. The first-order valence-electron chi connectivity index (χ1n) is 12.6. The van der Waals surface area contributed by atoms with Gasteiger partial charge in [0.15, 0.2) is 0 Å². The smallest absolute Gasteiger partial charge is 0.267 e.